The molecule has 0 spiro atoms. The number of carboxylic acid groups (broad SMARTS) is 1. The number of rotatable bonds is 6. The molecular formula is C14H18BrNO3. The summed E-state index contributed by atoms with van der Waals surface area (Å²) in [5, 5.41) is 12.2. The first-order chi connectivity index (χ1) is 9.11. The van der Waals surface area contributed by atoms with E-state index in [9.17, 15) is 4.79 Å². The molecular weight excluding hydrogens is 310 g/mol. The van der Waals surface area contributed by atoms with Gasteiger partial charge < -0.3 is 15.2 Å². The Morgan fingerprint density at radius 2 is 2.37 bits per heavy atom. The van der Waals surface area contributed by atoms with Crippen LogP contribution in [0, 0.1) is 0 Å². The van der Waals surface area contributed by atoms with Crippen LogP contribution < -0.4 is 10.1 Å². The quantitative estimate of drug-likeness (QED) is 0.843. The summed E-state index contributed by atoms with van der Waals surface area (Å²) in [6.45, 7) is 3.20. The zero-order valence-electron chi connectivity index (χ0n) is 10.9. The van der Waals surface area contributed by atoms with Crippen LogP contribution in [0.3, 0.4) is 0 Å². The Morgan fingerprint density at radius 3 is 3.05 bits per heavy atom. The number of ether oxygens (including phenoxy) is 1. The molecule has 4 nitrogen and oxygen atoms in total. The van der Waals surface area contributed by atoms with Gasteiger partial charge in [-0.15, -0.1) is 0 Å². The average molecular weight is 328 g/mol. The van der Waals surface area contributed by atoms with Gasteiger partial charge in [-0.05, 0) is 24.1 Å². The minimum absolute atomic E-state index is 0.499. The van der Waals surface area contributed by atoms with E-state index >= 15 is 0 Å². The van der Waals surface area contributed by atoms with Gasteiger partial charge in [0.25, 0.3) is 0 Å². The first-order valence-corrected chi connectivity index (χ1v) is 7.31. The largest absolute Gasteiger partial charge is 0.493 e. The van der Waals surface area contributed by atoms with Gasteiger partial charge in [0, 0.05) is 23.0 Å². The van der Waals surface area contributed by atoms with E-state index in [1.807, 2.05) is 13.0 Å². The number of hydrogen-bond donors (Lipinski definition) is 2. The molecule has 1 unspecified atom stereocenters. The van der Waals surface area contributed by atoms with E-state index in [1.165, 1.54) is 5.56 Å². The molecule has 0 bridgehead atoms. The van der Waals surface area contributed by atoms with Crippen LogP contribution in [0.15, 0.2) is 16.6 Å². The van der Waals surface area contributed by atoms with E-state index < -0.39 is 12.0 Å². The van der Waals surface area contributed by atoms with Gasteiger partial charge in [0.2, 0.25) is 0 Å². The van der Waals surface area contributed by atoms with Crippen molar-refractivity contribution in [1.82, 2.24) is 5.32 Å². The third-order valence-corrected chi connectivity index (χ3v) is 3.70. The summed E-state index contributed by atoms with van der Waals surface area (Å²) < 4.78 is 6.64. The van der Waals surface area contributed by atoms with Crippen LogP contribution in [0.4, 0.5) is 0 Å². The van der Waals surface area contributed by atoms with Crippen LogP contribution in [-0.4, -0.2) is 23.7 Å². The zero-order chi connectivity index (χ0) is 13.8. The minimum Gasteiger partial charge on any atom is -0.493 e. The van der Waals surface area contributed by atoms with Crippen LogP contribution in [-0.2, 0) is 17.8 Å². The number of nitrogens with one attached hydrogen (secondary N) is 1. The molecule has 0 saturated heterocycles. The predicted molar refractivity (Wildman–Crippen MR) is 76.5 cm³/mol. The smallest absolute Gasteiger partial charge is 0.320 e. The molecule has 0 radical (unpaired) electrons. The second-order valence-electron chi connectivity index (χ2n) is 4.71. The van der Waals surface area contributed by atoms with Crippen molar-refractivity contribution < 1.29 is 14.6 Å². The molecule has 0 aliphatic carbocycles. The molecule has 1 heterocycles. The van der Waals surface area contributed by atoms with Crippen LogP contribution in [0.25, 0.3) is 0 Å². The molecule has 0 saturated carbocycles. The van der Waals surface area contributed by atoms with Crippen molar-refractivity contribution >= 4 is 21.9 Å². The van der Waals surface area contributed by atoms with Crippen LogP contribution >= 0.6 is 15.9 Å². The first kappa shape index (κ1) is 14.3. The lowest BCUT2D eigenvalue weighted by molar-refractivity contribution is -0.139. The third kappa shape index (κ3) is 3.48. The van der Waals surface area contributed by atoms with Crippen molar-refractivity contribution in [3.05, 3.63) is 27.7 Å². The van der Waals surface area contributed by atoms with Crippen LogP contribution in [0.5, 0.6) is 5.75 Å². The highest BCUT2D eigenvalue weighted by atomic mass is 79.9. The van der Waals surface area contributed by atoms with Crippen molar-refractivity contribution in [2.75, 3.05) is 6.61 Å². The van der Waals surface area contributed by atoms with Gasteiger partial charge in [-0.3, -0.25) is 4.79 Å². The van der Waals surface area contributed by atoms with Crippen molar-refractivity contribution in [2.45, 2.75) is 38.8 Å². The molecule has 2 N–H and O–H groups in total. The molecule has 0 aromatic heterocycles. The summed E-state index contributed by atoms with van der Waals surface area (Å²) in [5.41, 5.74) is 2.21. The Hall–Kier alpha value is -1.07. The summed E-state index contributed by atoms with van der Waals surface area (Å²) in [5.74, 6) is 0.116. The van der Waals surface area contributed by atoms with Crippen LogP contribution in [0.1, 0.15) is 30.9 Å². The molecule has 5 heteroatoms. The fraction of sp³-hybridized carbons (Fsp3) is 0.500. The maximum Gasteiger partial charge on any atom is 0.320 e. The van der Waals surface area contributed by atoms with Crippen molar-refractivity contribution in [1.29, 1.82) is 0 Å². The summed E-state index contributed by atoms with van der Waals surface area (Å²) in [6, 6.07) is 3.55. The molecule has 1 aromatic carbocycles. The highest BCUT2D eigenvalue weighted by Gasteiger charge is 2.20. The van der Waals surface area contributed by atoms with E-state index in [0.29, 0.717) is 19.6 Å². The molecule has 1 aromatic rings. The topological polar surface area (TPSA) is 58.6 Å². The van der Waals surface area contributed by atoms with Crippen LogP contribution in [0.2, 0.25) is 0 Å². The number of benzene rings is 1. The Balaban J connectivity index is 2.09. The van der Waals surface area contributed by atoms with Crippen molar-refractivity contribution in [3.63, 3.8) is 0 Å². The number of carbonyl (C=O) groups is 1. The Labute approximate surface area is 121 Å². The normalized spacial score (nSPS) is 14.8. The molecule has 1 atom stereocenters. The van der Waals surface area contributed by atoms with Gasteiger partial charge in [0.15, 0.2) is 0 Å². The molecule has 2 rings (SSSR count). The summed E-state index contributed by atoms with van der Waals surface area (Å²) >= 11 is 3.48. The lowest BCUT2D eigenvalue weighted by Crippen LogP contribution is -2.36. The molecule has 19 heavy (non-hydrogen) atoms. The lowest BCUT2D eigenvalue weighted by Gasteiger charge is -2.15. The maximum absolute atomic E-state index is 11.1. The summed E-state index contributed by atoms with van der Waals surface area (Å²) in [6.07, 6.45) is 2.39. The molecule has 0 amide bonds. The fourth-order valence-electron chi connectivity index (χ4n) is 2.31. The SMILES string of the molecule is CCCC(NCc1cc(Br)cc2c1OCC2)C(=O)O. The second-order valence-corrected chi connectivity index (χ2v) is 5.63. The standard InChI is InChI=1S/C14H18BrNO3/c1-2-3-12(14(17)18)16-8-10-7-11(15)6-9-4-5-19-13(9)10/h6-7,12,16H,2-5,8H2,1H3,(H,17,18). The van der Waals surface area contributed by atoms with E-state index in [4.69, 9.17) is 9.84 Å². The van der Waals surface area contributed by atoms with E-state index in [0.717, 1.165) is 28.6 Å². The minimum atomic E-state index is -0.797. The fourth-order valence-corrected chi connectivity index (χ4v) is 2.86. The number of fused-ring (bicyclic) bond motifs is 1. The maximum atomic E-state index is 11.1. The van der Waals surface area contributed by atoms with Gasteiger partial charge >= 0.3 is 5.97 Å². The zero-order valence-corrected chi connectivity index (χ0v) is 12.5. The van der Waals surface area contributed by atoms with Gasteiger partial charge in [0.05, 0.1) is 6.61 Å². The monoisotopic (exact) mass is 327 g/mol. The van der Waals surface area contributed by atoms with E-state index in [1.54, 1.807) is 0 Å². The van der Waals surface area contributed by atoms with E-state index in [2.05, 4.69) is 27.3 Å². The predicted octanol–water partition coefficient (Wildman–Crippen LogP) is 2.73. The Morgan fingerprint density at radius 1 is 1.58 bits per heavy atom. The molecule has 0 fully saturated rings. The number of carboxylic acids is 1. The second kappa shape index (κ2) is 6.39. The highest BCUT2D eigenvalue weighted by molar-refractivity contribution is 9.10. The first-order valence-electron chi connectivity index (χ1n) is 6.52. The number of aliphatic carboxylic acids is 1. The average Bonchev–Trinajstić information content (AvgIpc) is 2.81. The van der Waals surface area contributed by atoms with Gasteiger partial charge in [0.1, 0.15) is 11.8 Å². The molecule has 104 valence electrons. The molecule has 1 aliphatic heterocycles. The van der Waals surface area contributed by atoms with Gasteiger partial charge in [-0.25, -0.2) is 0 Å². The Bertz CT molecular complexity index is 476. The number of halogens is 1. The van der Waals surface area contributed by atoms with Crippen molar-refractivity contribution in [2.24, 2.45) is 0 Å². The van der Waals surface area contributed by atoms with E-state index in [-0.39, 0.29) is 0 Å². The number of hydrogen-bond acceptors (Lipinski definition) is 3. The summed E-state index contributed by atoms with van der Waals surface area (Å²) in [4.78, 5) is 11.1. The summed E-state index contributed by atoms with van der Waals surface area (Å²) in [7, 11) is 0. The van der Waals surface area contributed by atoms with Gasteiger partial charge in [-0.1, -0.05) is 29.3 Å². The van der Waals surface area contributed by atoms with Gasteiger partial charge in [-0.2, -0.15) is 0 Å². The molecule has 1 aliphatic rings. The highest BCUT2D eigenvalue weighted by Crippen LogP contribution is 2.32. The third-order valence-electron chi connectivity index (χ3n) is 3.24. The van der Waals surface area contributed by atoms with Crippen molar-refractivity contribution in [3.8, 4) is 5.75 Å². The Kier molecular flexibility index (Phi) is 4.82. The lowest BCUT2D eigenvalue weighted by atomic mass is 10.1.